The molecule has 0 radical (unpaired) electrons. The van der Waals surface area contributed by atoms with E-state index in [0.29, 0.717) is 18.5 Å². The molecular formula is C20H25N5O2. The van der Waals surface area contributed by atoms with Crippen LogP contribution >= 0.6 is 0 Å². The molecule has 1 aromatic carbocycles. The van der Waals surface area contributed by atoms with E-state index in [1.165, 1.54) is 0 Å². The Bertz CT molecular complexity index is 956. The Morgan fingerprint density at radius 3 is 2.70 bits per heavy atom. The lowest BCUT2D eigenvalue weighted by Gasteiger charge is -2.18. The van der Waals surface area contributed by atoms with Gasteiger partial charge in [0.25, 0.3) is 0 Å². The van der Waals surface area contributed by atoms with Crippen molar-refractivity contribution in [3.8, 4) is 0 Å². The molecule has 27 heavy (non-hydrogen) atoms. The Kier molecular flexibility index (Phi) is 5.69. The van der Waals surface area contributed by atoms with Gasteiger partial charge in [-0.05, 0) is 25.8 Å². The number of hydrogen-bond acceptors (Lipinski definition) is 4. The molecule has 0 aliphatic rings. The molecule has 3 aromatic rings. The molecule has 0 spiro atoms. The maximum Gasteiger partial charge on any atom is 0.243 e. The van der Waals surface area contributed by atoms with E-state index in [4.69, 9.17) is 0 Å². The average Bonchev–Trinajstić information content (AvgIpc) is 3.26. The van der Waals surface area contributed by atoms with Gasteiger partial charge in [-0.25, -0.2) is 0 Å². The van der Waals surface area contributed by atoms with Crippen LogP contribution in [0.5, 0.6) is 0 Å². The van der Waals surface area contributed by atoms with Crippen molar-refractivity contribution < 1.29 is 9.59 Å². The number of hydrogen-bond donors (Lipinski definition) is 1. The number of nitrogens with one attached hydrogen (secondary N) is 1. The zero-order valence-corrected chi connectivity index (χ0v) is 16.0. The van der Waals surface area contributed by atoms with Gasteiger partial charge in [-0.3, -0.25) is 9.59 Å². The number of rotatable bonds is 8. The summed E-state index contributed by atoms with van der Waals surface area (Å²) in [6, 6.07) is 7.28. The van der Waals surface area contributed by atoms with Crippen molar-refractivity contribution in [2.45, 2.75) is 52.7 Å². The van der Waals surface area contributed by atoms with Crippen LogP contribution in [0.4, 0.5) is 0 Å². The second-order valence-corrected chi connectivity index (χ2v) is 6.61. The van der Waals surface area contributed by atoms with Crippen LogP contribution in [0, 0.1) is 0 Å². The van der Waals surface area contributed by atoms with E-state index in [-0.39, 0.29) is 11.7 Å². The highest BCUT2D eigenvalue weighted by Crippen LogP contribution is 2.26. The van der Waals surface area contributed by atoms with Gasteiger partial charge in [-0.2, -0.15) is 0 Å². The van der Waals surface area contributed by atoms with Gasteiger partial charge in [0.1, 0.15) is 12.4 Å². The Hall–Kier alpha value is -2.96. The first-order valence-corrected chi connectivity index (χ1v) is 9.31. The zero-order chi connectivity index (χ0) is 19.4. The molecule has 142 valence electrons. The third kappa shape index (κ3) is 3.77. The number of carbonyl (C=O) groups is 2. The SMILES string of the molecule is CCCn1cnnc1CNC(=O)[C@H](CC)n1cc(C(C)=O)c2ccccc21. The fourth-order valence-corrected chi connectivity index (χ4v) is 3.38. The molecule has 7 heteroatoms. The smallest absolute Gasteiger partial charge is 0.243 e. The van der Waals surface area contributed by atoms with Crippen LogP contribution in [0.2, 0.25) is 0 Å². The first-order valence-electron chi connectivity index (χ1n) is 9.31. The summed E-state index contributed by atoms with van der Waals surface area (Å²) < 4.78 is 3.85. The Balaban J connectivity index is 1.84. The van der Waals surface area contributed by atoms with Gasteiger partial charge in [-0.15, -0.1) is 10.2 Å². The van der Waals surface area contributed by atoms with Crippen molar-refractivity contribution in [3.05, 3.63) is 48.2 Å². The van der Waals surface area contributed by atoms with E-state index in [0.717, 1.165) is 29.7 Å². The van der Waals surface area contributed by atoms with Crippen molar-refractivity contribution >= 4 is 22.6 Å². The summed E-state index contributed by atoms with van der Waals surface area (Å²) in [6.45, 7) is 6.74. The monoisotopic (exact) mass is 367 g/mol. The summed E-state index contributed by atoms with van der Waals surface area (Å²) >= 11 is 0. The Morgan fingerprint density at radius 1 is 1.22 bits per heavy atom. The number of fused-ring (bicyclic) bond motifs is 1. The summed E-state index contributed by atoms with van der Waals surface area (Å²) in [5.41, 5.74) is 1.53. The highest BCUT2D eigenvalue weighted by molar-refractivity contribution is 6.07. The molecule has 0 fully saturated rings. The van der Waals surface area contributed by atoms with Gasteiger partial charge >= 0.3 is 0 Å². The van der Waals surface area contributed by atoms with Crippen LogP contribution in [0.1, 0.15) is 55.8 Å². The first kappa shape index (κ1) is 18.8. The van der Waals surface area contributed by atoms with E-state index >= 15 is 0 Å². The van der Waals surface area contributed by atoms with Crippen LogP contribution in [0.15, 0.2) is 36.8 Å². The molecule has 0 unspecified atom stereocenters. The predicted octanol–water partition coefficient (Wildman–Crippen LogP) is 3.11. The predicted molar refractivity (Wildman–Crippen MR) is 103 cm³/mol. The number of carbonyl (C=O) groups excluding carboxylic acids is 2. The van der Waals surface area contributed by atoms with Crippen LogP contribution in [0.25, 0.3) is 10.9 Å². The van der Waals surface area contributed by atoms with Crippen molar-refractivity contribution in [1.29, 1.82) is 0 Å². The first-order chi connectivity index (χ1) is 13.1. The number of Topliss-reactive ketones (excluding diaryl/α,β-unsaturated/α-hetero) is 1. The van der Waals surface area contributed by atoms with E-state index < -0.39 is 6.04 Å². The second-order valence-electron chi connectivity index (χ2n) is 6.61. The maximum absolute atomic E-state index is 12.9. The largest absolute Gasteiger partial charge is 0.347 e. The Morgan fingerprint density at radius 2 is 2.00 bits per heavy atom. The quantitative estimate of drug-likeness (QED) is 0.620. The molecule has 2 heterocycles. The van der Waals surface area contributed by atoms with E-state index in [1.54, 1.807) is 19.4 Å². The molecule has 0 bridgehead atoms. The molecule has 7 nitrogen and oxygen atoms in total. The van der Waals surface area contributed by atoms with Gasteiger partial charge in [-0.1, -0.05) is 32.0 Å². The second kappa shape index (κ2) is 8.16. The number of para-hydroxylation sites is 1. The number of benzene rings is 1. The molecule has 0 saturated heterocycles. The lowest BCUT2D eigenvalue weighted by molar-refractivity contribution is -0.124. The van der Waals surface area contributed by atoms with Crippen molar-refractivity contribution in [2.24, 2.45) is 0 Å². The number of nitrogens with zero attached hydrogens (tertiary/aromatic N) is 4. The molecule has 0 aliphatic carbocycles. The highest BCUT2D eigenvalue weighted by atomic mass is 16.2. The molecule has 0 aliphatic heterocycles. The lowest BCUT2D eigenvalue weighted by Crippen LogP contribution is -2.32. The van der Waals surface area contributed by atoms with Crippen molar-refractivity contribution in [3.63, 3.8) is 0 Å². The average molecular weight is 367 g/mol. The zero-order valence-electron chi connectivity index (χ0n) is 16.0. The van der Waals surface area contributed by atoms with Gasteiger partial charge in [0.15, 0.2) is 11.6 Å². The minimum absolute atomic E-state index is 0.00659. The summed E-state index contributed by atoms with van der Waals surface area (Å²) in [5, 5.41) is 11.9. The van der Waals surface area contributed by atoms with Crippen LogP contribution in [-0.4, -0.2) is 31.0 Å². The fraction of sp³-hybridized carbons (Fsp3) is 0.400. The fourth-order valence-electron chi connectivity index (χ4n) is 3.38. The molecular weight excluding hydrogens is 342 g/mol. The summed E-state index contributed by atoms with van der Waals surface area (Å²) in [4.78, 5) is 24.9. The van der Waals surface area contributed by atoms with Gasteiger partial charge < -0.3 is 14.5 Å². The molecule has 2 aromatic heterocycles. The number of aromatic nitrogens is 4. The van der Waals surface area contributed by atoms with E-state index in [2.05, 4.69) is 22.4 Å². The topological polar surface area (TPSA) is 81.8 Å². The number of ketones is 1. The summed E-state index contributed by atoms with van der Waals surface area (Å²) in [6.07, 6.45) is 5.06. The number of amides is 1. The van der Waals surface area contributed by atoms with Gasteiger partial charge in [0.2, 0.25) is 5.91 Å². The molecule has 1 atom stereocenters. The maximum atomic E-state index is 12.9. The van der Waals surface area contributed by atoms with Crippen LogP contribution in [0.3, 0.4) is 0 Å². The van der Waals surface area contributed by atoms with Gasteiger partial charge in [0.05, 0.1) is 6.54 Å². The third-order valence-electron chi connectivity index (χ3n) is 4.73. The minimum atomic E-state index is -0.398. The highest BCUT2D eigenvalue weighted by Gasteiger charge is 2.22. The molecule has 3 rings (SSSR count). The van der Waals surface area contributed by atoms with Crippen molar-refractivity contribution in [2.75, 3.05) is 0 Å². The number of aryl methyl sites for hydroxylation is 1. The summed E-state index contributed by atoms with van der Waals surface area (Å²) in [5.74, 6) is 0.633. The van der Waals surface area contributed by atoms with E-state index in [1.807, 2.05) is 40.3 Å². The summed E-state index contributed by atoms with van der Waals surface area (Å²) in [7, 11) is 0. The van der Waals surface area contributed by atoms with Crippen LogP contribution in [-0.2, 0) is 17.9 Å². The third-order valence-corrected chi connectivity index (χ3v) is 4.73. The normalized spacial score (nSPS) is 12.3. The van der Waals surface area contributed by atoms with Gasteiger partial charge in [0, 0.05) is 29.2 Å². The molecule has 1 amide bonds. The van der Waals surface area contributed by atoms with E-state index in [9.17, 15) is 9.59 Å². The van der Waals surface area contributed by atoms with Crippen molar-refractivity contribution in [1.82, 2.24) is 24.6 Å². The molecule has 1 N–H and O–H groups in total. The minimum Gasteiger partial charge on any atom is -0.347 e. The molecule has 0 saturated carbocycles. The van der Waals surface area contributed by atoms with Crippen LogP contribution < -0.4 is 5.32 Å². The standard InChI is InChI=1S/C20H25N5O2/c1-4-10-24-13-22-23-19(24)11-21-20(27)17(5-2)25-12-16(14(3)26)15-8-6-7-9-18(15)25/h6-9,12-13,17H,4-5,10-11H2,1-3H3,(H,21,27)/t17-/m0/s1. The lowest BCUT2D eigenvalue weighted by atomic mass is 10.1. The Labute approximate surface area is 158 Å².